The Morgan fingerprint density at radius 2 is 2.20 bits per heavy atom. The molecule has 1 aromatic carbocycles. The first-order valence-corrected chi connectivity index (χ1v) is 6.57. The second kappa shape index (κ2) is 6.80. The molecule has 5 heteroatoms. The van der Waals surface area contributed by atoms with E-state index in [0.717, 1.165) is 0 Å². The molecule has 0 fully saturated rings. The van der Waals surface area contributed by atoms with Crippen LogP contribution >= 0.6 is 0 Å². The summed E-state index contributed by atoms with van der Waals surface area (Å²) in [7, 11) is 0. The monoisotopic (exact) mass is 275 g/mol. The van der Waals surface area contributed by atoms with Crippen LogP contribution in [0.3, 0.4) is 0 Å². The molecule has 108 valence electrons. The summed E-state index contributed by atoms with van der Waals surface area (Å²) in [5, 5.41) is 11.9. The Hall–Kier alpha value is -2.22. The summed E-state index contributed by atoms with van der Waals surface area (Å²) >= 11 is 0. The molecule has 0 saturated carbocycles. The third-order valence-electron chi connectivity index (χ3n) is 2.87. The summed E-state index contributed by atoms with van der Waals surface area (Å²) in [6.45, 7) is 6.69. The molecule has 1 rings (SSSR count). The lowest BCUT2D eigenvalue weighted by Crippen LogP contribution is -2.37. The van der Waals surface area contributed by atoms with Crippen molar-refractivity contribution in [2.45, 2.75) is 27.2 Å². The number of anilines is 1. The summed E-state index contributed by atoms with van der Waals surface area (Å²) in [5.74, 6) is 0.488. The van der Waals surface area contributed by atoms with Gasteiger partial charge in [0.1, 0.15) is 17.4 Å². The molecule has 5 nitrogen and oxygen atoms in total. The standard InChI is InChI=1S/C15H21N3O2/c1-4-14(19)18-9-15(2,3)10-20-13-7-5-6-12(17)11(13)8-16/h5-7H,4,9-10,17H2,1-3H3,(H,18,19). The zero-order valence-electron chi connectivity index (χ0n) is 12.2. The maximum Gasteiger partial charge on any atom is 0.219 e. The minimum atomic E-state index is -0.234. The van der Waals surface area contributed by atoms with Crippen LogP contribution in [0.2, 0.25) is 0 Å². The smallest absolute Gasteiger partial charge is 0.219 e. The van der Waals surface area contributed by atoms with Gasteiger partial charge in [-0.2, -0.15) is 5.26 Å². The van der Waals surface area contributed by atoms with Crippen LogP contribution in [0.4, 0.5) is 5.69 Å². The number of carbonyl (C=O) groups excluding carboxylic acids is 1. The molecule has 0 radical (unpaired) electrons. The van der Waals surface area contributed by atoms with Gasteiger partial charge >= 0.3 is 0 Å². The minimum Gasteiger partial charge on any atom is -0.491 e. The molecule has 1 amide bonds. The molecular weight excluding hydrogens is 254 g/mol. The zero-order valence-corrected chi connectivity index (χ0v) is 12.2. The second-order valence-corrected chi connectivity index (χ2v) is 5.42. The van der Waals surface area contributed by atoms with Crippen molar-refractivity contribution in [1.82, 2.24) is 5.32 Å². The maximum atomic E-state index is 11.3. The largest absolute Gasteiger partial charge is 0.491 e. The molecule has 0 unspecified atom stereocenters. The first-order chi connectivity index (χ1) is 9.39. The number of nitrogen functional groups attached to an aromatic ring is 1. The topological polar surface area (TPSA) is 88.1 Å². The van der Waals surface area contributed by atoms with Gasteiger partial charge in [0, 0.05) is 18.4 Å². The van der Waals surface area contributed by atoms with E-state index >= 15 is 0 Å². The SMILES string of the molecule is CCC(=O)NCC(C)(C)COc1cccc(N)c1C#N. The van der Waals surface area contributed by atoms with Crippen LogP contribution in [0.5, 0.6) is 5.75 Å². The van der Waals surface area contributed by atoms with Crippen LogP contribution in [-0.4, -0.2) is 19.1 Å². The third kappa shape index (κ3) is 4.47. The molecule has 0 aliphatic heterocycles. The number of carbonyl (C=O) groups is 1. The Morgan fingerprint density at radius 3 is 2.80 bits per heavy atom. The molecular formula is C15H21N3O2. The summed E-state index contributed by atoms with van der Waals surface area (Å²) < 4.78 is 5.69. The number of amides is 1. The van der Waals surface area contributed by atoms with E-state index in [1.54, 1.807) is 18.2 Å². The highest BCUT2D eigenvalue weighted by atomic mass is 16.5. The van der Waals surface area contributed by atoms with Crippen molar-refractivity contribution in [2.75, 3.05) is 18.9 Å². The summed E-state index contributed by atoms with van der Waals surface area (Å²) in [6, 6.07) is 7.17. The fraction of sp³-hybridized carbons (Fsp3) is 0.467. The molecule has 0 aliphatic carbocycles. The number of ether oxygens (including phenoxy) is 1. The van der Waals surface area contributed by atoms with E-state index in [1.807, 2.05) is 26.8 Å². The van der Waals surface area contributed by atoms with Gasteiger partial charge in [0.05, 0.1) is 12.3 Å². The molecule has 0 heterocycles. The predicted octanol–water partition coefficient (Wildman–Crippen LogP) is 2.07. The van der Waals surface area contributed by atoms with Crippen molar-refractivity contribution in [3.8, 4) is 11.8 Å². The lowest BCUT2D eigenvalue weighted by Gasteiger charge is -2.25. The first kappa shape index (κ1) is 15.8. The van der Waals surface area contributed by atoms with Crippen LogP contribution in [0, 0.1) is 16.7 Å². The minimum absolute atomic E-state index is 0.0137. The molecule has 3 N–H and O–H groups in total. The van der Waals surface area contributed by atoms with Gasteiger partial charge in [-0.3, -0.25) is 4.79 Å². The normalized spacial score (nSPS) is 10.7. The first-order valence-electron chi connectivity index (χ1n) is 6.57. The Balaban J connectivity index is 2.65. The van der Waals surface area contributed by atoms with Gasteiger partial charge in [-0.05, 0) is 12.1 Å². The molecule has 0 bridgehead atoms. The lowest BCUT2D eigenvalue weighted by atomic mass is 9.94. The Morgan fingerprint density at radius 1 is 1.50 bits per heavy atom. The number of nitrogens with one attached hydrogen (secondary N) is 1. The summed E-state index contributed by atoms with van der Waals surface area (Å²) in [5.41, 5.74) is 6.25. The highest BCUT2D eigenvalue weighted by molar-refractivity contribution is 5.75. The zero-order chi connectivity index (χ0) is 15.2. The van der Waals surface area contributed by atoms with Gasteiger partial charge in [0.2, 0.25) is 5.91 Å². The average molecular weight is 275 g/mol. The number of nitrogens with two attached hydrogens (primary N) is 1. The Bertz CT molecular complexity index is 518. The average Bonchev–Trinajstić information content (AvgIpc) is 2.42. The Kier molecular flexibility index (Phi) is 5.39. The number of rotatable bonds is 6. The van der Waals surface area contributed by atoms with Crippen LogP contribution < -0.4 is 15.8 Å². The van der Waals surface area contributed by atoms with Crippen LogP contribution in [0.25, 0.3) is 0 Å². The van der Waals surface area contributed by atoms with Crippen molar-refractivity contribution >= 4 is 11.6 Å². The molecule has 0 saturated heterocycles. The van der Waals surface area contributed by atoms with E-state index in [0.29, 0.717) is 36.6 Å². The van der Waals surface area contributed by atoms with Crippen molar-refractivity contribution in [2.24, 2.45) is 5.41 Å². The number of nitriles is 1. The molecule has 0 aromatic heterocycles. The van der Waals surface area contributed by atoms with Gasteiger partial charge < -0.3 is 15.8 Å². The van der Waals surface area contributed by atoms with E-state index in [2.05, 4.69) is 5.32 Å². The number of benzene rings is 1. The number of nitrogens with zero attached hydrogens (tertiary/aromatic N) is 1. The fourth-order valence-electron chi connectivity index (χ4n) is 1.58. The molecule has 0 atom stereocenters. The van der Waals surface area contributed by atoms with Crippen LogP contribution in [-0.2, 0) is 4.79 Å². The summed E-state index contributed by atoms with van der Waals surface area (Å²) in [6.07, 6.45) is 0.463. The molecule has 20 heavy (non-hydrogen) atoms. The fourth-order valence-corrected chi connectivity index (χ4v) is 1.58. The predicted molar refractivity (Wildman–Crippen MR) is 78.1 cm³/mol. The van der Waals surface area contributed by atoms with Gasteiger partial charge in [0.25, 0.3) is 0 Å². The molecule has 0 aliphatic rings. The third-order valence-corrected chi connectivity index (χ3v) is 2.87. The number of hydrogen-bond acceptors (Lipinski definition) is 4. The summed E-state index contributed by atoms with van der Waals surface area (Å²) in [4.78, 5) is 11.3. The van der Waals surface area contributed by atoms with Gasteiger partial charge in [0.15, 0.2) is 0 Å². The van der Waals surface area contributed by atoms with Crippen molar-refractivity contribution < 1.29 is 9.53 Å². The van der Waals surface area contributed by atoms with Gasteiger partial charge in [-0.25, -0.2) is 0 Å². The van der Waals surface area contributed by atoms with Crippen LogP contribution in [0.15, 0.2) is 18.2 Å². The number of hydrogen-bond donors (Lipinski definition) is 2. The van der Waals surface area contributed by atoms with E-state index in [-0.39, 0.29) is 11.3 Å². The highest BCUT2D eigenvalue weighted by Crippen LogP contribution is 2.25. The van der Waals surface area contributed by atoms with E-state index < -0.39 is 0 Å². The second-order valence-electron chi connectivity index (χ2n) is 5.42. The van der Waals surface area contributed by atoms with E-state index in [1.165, 1.54) is 0 Å². The van der Waals surface area contributed by atoms with Gasteiger partial charge in [-0.1, -0.05) is 26.8 Å². The van der Waals surface area contributed by atoms with Crippen LogP contribution in [0.1, 0.15) is 32.8 Å². The van der Waals surface area contributed by atoms with Crippen molar-refractivity contribution in [1.29, 1.82) is 5.26 Å². The maximum absolute atomic E-state index is 11.3. The lowest BCUT2D eigenvalue weighted by molar-refractivity contribution is -0.121. The molecule has 1 aromatic rings. The Labute approximate surface area is 119 Å². The van der Waals surface area contributed by atoms with Crippen molar-refractivity contribution in [3.63, 3.8) is 0 Å². The van der Waals surface area contributed by atoms with Crippen molar-refractivity contribution in [3.05, 3.63) is 23.8 Å². The van der Waals surface area contributed by atoms with E-state index in [4.69, 9.17) is 15.7 Å². The highest BCUT2D eigenvalue weighted by Gasteiger charge is 2.20. The van der Waals surface area contributed by atoms with Gasteiger partial charge in [-0.15, -0.1) is 0 Å². The van der Waals surface area contributed by atoms with E-state index in [9.17, 15) is 4.79 Å². The molecule has 0 spiro atoms. The quantitative estimate of drug-likeness (QED) is 0.778.